The zero-order chi connectivity index (χ0) is 7.98. The number of hydrogen-bond acceptors (Lipinski definition) is 0. The Hall–Kier alpha value is -0.260. The summed E-state index contributed by atoms with van der Waals surface area (Å²) in [6.45, 7) is 8.94. The number of rotatable bonds is 4. The van der Waals surface area contributed by atoms with Crippen molar-refractivity contribution in [1.29, 1.82) is 0 Å². The molecule has 0 radical (unpaired) electrons. The van der Waals surface area contributed by atoms with Crippen molar-refractivity contribution in [2.45, 2.75) is 40.5 Å². The minimum Gasteiger partial charge on any atom is -0.0914 e. The molecular weight excluding hydrogens is 120 g/mol. The Kier molecular flexibility index (Phi) is 5.38. The van der Waals surface area contributed by atoms with Gasteiger partial charge in [-0.2, -0.15) is 0 Å². The third-order valence-corrected chi connectivity index (χ3v) is 2.29. The van der Waals surface area contributed by atoms with E-state index < -0.39 is 0 Å². The van der Waals surface area contributed by atoms with Gasteiger partial charge in [-0.15, -0.1) is 0 Å². The Morgan fingerprint density at radius 1 is 1.20 bits per heavy atom. The van der Waals surface area contributed by atoms with Gasteiger partial charge in [-0.25, -0.2) is 0 Å². The second kappa shape index (κ2) is 5.52. The molecule has 0 aliphatic heterocycles. The molecule has 0 saturated heterocycles. The highest BCUT2D eigenvalue weighted by Crippen LogP contribution is 2.19. The Balaban J connectivity index is 3.75. The summed E-state index contributed by atoms with van der Waals surface area (Å²) in [7, 11) is 0. The van der Waals surface area contributed by atoms with Gasteiger partial charge in [0.15, 0.2) is 0 Å². The molecule has 0 heteroatoms. The van der Waals surface area contributed by atoms with Crippen molar-refractivity contribution < 1.29 is 0 Å². The van der Waals surface area contributed by atoms with Crippen molar-refractivity contribution in [3.8, 4) is 0 Å². The molecule has 0 aromatic rings. The fraction of sp³-hybridized carbons (Fsp3) is 0.800. The van der Waals surface area contributed by atoms with Crippen LogP contribution in [0.4, 0.5) is 0 Å². The lowest BCUT2D eigenvalue weighted by Crippen LogP contribution is -2.06. The molecule has 0 spiro atoms. The quantitative estimate of drug-likeness (QED) is 0.523. The lowest BCUT2D eigenvalue weighted by molar-refractivity contribution is 0.395. The monoisotopic (exact) mass is 140 g/mol. The van der Waals surface area contributed by atoms with Crippen molar-refractivity contribution in [3.63, 3.8) is 0 Å². The average molecular weight is 140 g/mol. The van der Waals surface area contributed by atoms with Crippen LogP contribution < -0.4 is 0 Å². The van der Waals surface area contributed by atoms with Gasteiger partial charge in [0.2, 0.25) is 0 Å². The second-order valence-corrected chi connectivity index (χ2v) is 2.96. The molecule has 1 unspecified atom stereocenters. The number of hydrogen-bond donors (Lipinski definition) is 0. The molecule has 0 bridgehead atoms. The average Bonchev–Trinajstić information content (AvgIpc) is 1.91. The molecular formula is C10H20. The van der Waals surface area contributed by atoms with E-state index in [0.29, 0.717) is 0 Å². The molecule has 0 amide bonds. The summed E-state index contributed by atoms with van der Waals surface area (Å²) < 4.78 is 0. The molecule has 0 saturated carbocycles. The van der Waals surface area contributed by atoms with Crippen molar-refractivity contribution in [3.05, 3.63) is 12.2 Å². The third kappa shape index (κ3) is 3.05. The second-order valence-electron chi connectivity index (χ2n) is 2.96. The molecule has 1 atom stereocenters. The smallest absolute Gasteiger partial charge is 0.0234 e. The van der Waals surface area contributed by atoms with Gasteiger partial charge in [-0.1, -0.05) is 45.8 Å². The summed E-state index contributed by atoms with van der Waals surface area (Å²) in [4.78, 5) is 0. The Bertz CT molecular complexity index is 88.2. The van der Waals surface area contributed by atoms with Crippen LogP contribution >= 0.6 is 0 Å². The highest BCUT2D eigenvalue weighted by Gasteiger charge is 2.08. The SMILES string of the molecule is CC=CC(C)C(CC)CC. The van der Waals surface area contributed by atoms with Crippen LogP contribution in [0.5, 0.6) is 0 Å². The lowest BCUT2D eigenvalue weighted by Gasteiger charge is -2.16. The van der Waals surface area contributed by atoms with Gasteiger partial charge >= 0.3 is 0 Å². The van der Waals surface area contributed by atoms with Crippen molar-refractivity contribution in [2.24, 2.45) is 11.8 Å². The van der Waals surface area contributed by atoms with Gasteiger partial charge in [0.25, 0.3) is 0 Å². The predicted molar refractivity (Wildman–Crippen MR) is 48.1 cm³/mol. The first-order valence-corrected chi connectivity index (χ1v) is 4.39. The van der Waals surface area contributed by atoms with E-state index in [2.05, 4.69) is 39.8 Å². The highest BCUT2D eigenvalue weighted by molar-refractivity contribution is 4.86. The predicted octanol–water partition coefficient (Wildman–Crippen LogP) is 3.63. The van der Waals surface area contributed by atoms with E-state index in [-0.39, 0.29) is 0 Å². The molecule has 10 heavy (non-hydrogen) atoms. The van der Waals surface area contributed by atoms with E-state index in [9.17, 15) is 0 Å². The minimum absolute atomic E-state index is 0.764. The molecule has 0 rings (SSSR count). The normalized spacial score (nSPS) is 14.9. The van der Waals surface area contributed by atoms with Gasteiger partial charge in [-0.05, 0) is 18.8 Å². The van der Waals surface area contributed by atoms with Gasteiger partial charge < -0.3 is 0 Å². The van der Waals surface area contributed by atoms with Crippen LogP contribution in [-0.4, -0.2) is 0 Å². The van der Waals surface area contributed by atoms with E-state index in [1.54, 1.807) is 0 Å². The third-order valence-electron chi connectivity index (χ3n) is 2.29. The standard InChI is InChI=1S/C10H20/c1-5-8-9(4)10(6-2)7-3/h5,8-10H,6-7H2,1-4H3. The molecule has 0 aliphatic carbocycles. The van der Waals surface area contributed by atoms with Crippen LogP contribution in [0.1, 0.15) is 40.5 Å². The van der Waals surface area contributed by atoms with Crippen LogP contribution in [0.3, 0.4) is 0 Å². The highest BCUT2D eigenvalue weighted by atomic mass is 14.1. The molecule has 0 aromatic heterocycles. The topological polar surface area (TPSA) is 0 Å². The minimum atomic E-state index is 0.764. The van der Waals surface area contributed by atoms with E-state index in [4.69, 9.17) is 0 Å². The summed E-state index contributed by atoms with van der Waals surface area (Å²) in [5, 5.41) is 0. The first-order chi connectivity index (χ1) is 4.76. The van der Waals surface area contributed by atoms with Crippen LogP contribution in [-0.2, 0) is 0 Å². The Labute approximate surface area is 65.3 Å². The summed E-state index contributed by atoms with van der Waals surface area (Å²) in [6, 6.07) is 0. The molecule has 0 N–H and O–H groups in total. The zero-order valence-electron chi connectivity index (χ0n) is 7.72. The zero-order valence-corrected chi connectivity index (χ0v) is 7.72. The van der Waals surface area contributed by atoms with Crippen LogP contribution in [0, 0.1) is 11.8 Å². The van der Waals surface area contributed by atoms with Gasteiger partial charge in [0.1, 0.15) is 0 Å². The van der Waals surface area contributed by atoms with Crippen LogP contribution in [0.25, 0.3) is 0 Å². The van der Waals surface area contributed by atoms with E-state index >= 15 is 0 Å². The summed E-state index contributed by atoms with van der Waals surface area (Å²) in [5.74, 6) is 1.65. The Morgan fingerprint density at radius 2 is 1.70 bits per heavy atom. The largest absolute Gasteiger partial charge is 0.0914 e. The molecule has 60 valence electrons. The van der Waals surface area contributed by atoms with Crippen molar-refractivity contribution in [1.82, 2.24) is 0 Å². The number of allylic oxidation sites excluding steroid dienone is 2. The first kappa shape index (κ1) is 9.74. The maximum Gasteiger partial charge on any atom is -0.0234 e. The maximum absolute atomic E-state index is 2.30. The first-order valence-electron chi connectivity index (χ1n) is 4.39. The van der Waals surface area contributed by atoms with Gasteiger partial charge in [-0.3, -0.25) is 0 Å². The maximum atomic E-state index is 2.30. The Morgan fingerprint density at radius 3 is 2.00 bits per heavy atom. The molecule has 0 nitrogen and oxygen atoms in total. The van der Waals surface area contributed by atoms with E-state index in [0.717, 1.165) is 11.8 Å². The molecule has 0 heterocycles. The molecule has 0 fully saturated rings. The van der Waals surface area contributed by atoms with Crippen LogP contribution in [0.15, 0.2) is 12.2 Å². The van der Waals surface area contributed by atoms with Gasteiger partial charge in [0, 0.05) is 0 Å². The molecule has 0 aliphatic rings. The van der Waals surface area contributed by atoms with Crippen molar-refractivity contribution >= 4 is 0 Å². The van der Waals surface area contributed by atoms with E-state index in [1.807, 2.05) is 0 Å². The fourth-order valence-electron chi connectivity index (χ4n) is 1.49. The summed E-state index contributed by atoms with van der Waals surface area (Å²) >= 11 is 0. The lowest BCUT2D eigenvalue weighted by atomic mass is 9.89. The molecule has 0 aromatic carbocycles. The van der Waals surface area contributed by atoms with Gasteiger partial charge in [0.05, 0.1) is 0 Å². The van der Waals surface area contributed by atoms with Crippen LogP contribution in [0.2, 0.25) is 0 Å². The van der Waals surface area contributed by atoms with Crippen molar-refractivity contribution in [2.75, 3.05) is 0 Å². The fourth-order valence-corrected chi connectivity index (χ4v) is 1.49. The van der Waals surface area contributed by atoms with E-state index in [1.165, 1.54) is 12.8 Å². The summed E-state index contributed by atoms with van der Waals surface area (Å²) in [5.41, 5.74) is 0. The summed E-state index contributed by atoms with van der Waals surface area (Å²) in [6.07, 6.45) is 7.07.